The number of rotatable bonds is 24. The van der Waals surface area contributed by atoms with Gasteiger partial charge < -0.3 is 20.0 Å². The van der Waals surface area contributed by atoms with E-state index in [1.54, 1.807) is 12.1 Å². The topological polar surface area (TPSA) is 231 Å². The zero-order valence-electron chi connectivity index (χ0n) is 34.9. The lowest BCUT2D eigenvalue weighted by molar-refractivity contribution is -0.438. The maximum Gasteiger partial charge on any atom is 0.348 e. The summed E-state index contributed by atoms with van der Waals surface area (Å²) >= 11 is 2.82. The van der Waals surface area contributed by atoms with Gasteiger partial charge in [0.05, 0.1) is 22.4 Å². The van der Waals surface area contributed by atoms with Crippen LogP contribution in [0.25, 0.3) is 0 Å². The van der Waals surface area contributed by atoms with Crippen molar-refractivity contribution in [2.45, 2.75) is 61.2 Å². The van der Waals surface area contributed by atoms with Crippen LogP contribution < -0.4 is 9.74 Å². The Kier molecular flexibility index (Phi) is 17.9. The molecule has 0 bridgehead atoms. The fourth-order valence-corrected chi connectivity index (χ4v) is 9.55. The highest BCUT2D eigenvalue weighted by Gasteiger charge is 2.44. The van der Waals surface area contributed by atoms with Crippen LogP contribution >= 0.6 is 36.1 Å². The van der Waals surface area contributed by atoms with Gasteiger partial charge in [0, 0.05) is 107 Å². The van der Waals surface area contributed by atoms with Crippen molar-refractivity contribution >= 4 is 69.2 Å². The van der Waals surface area contributed by atoms with Crippen LogP contribution in [-0.4, -0.2) is 97.9 Å². The average Bonchev–Trinajstić information content (AvgIpc) is 3.76. The van der Waals surface area contributed by atoms with E-state index in [-0.39, 0.29) is 4.90 Å². The van der Waals surface area contributed by atoms with Gasteiger partial charge in [-0.1, -0.05) is 59.3 Å². The van der Waals surface area contributed by atoms with Gasteiger partial charge in [0.1, 0.15) is 13.1 Å². The minimum absolute atomic E-state index is 0.0504. The summed E-state index contributed by atoms with van der Waals surface area (Å²) in [5, 5.41) is 56.5. The van der Waals surface area contributed by atoms with Crippen LogP contribution in [0.1, 0.15) is 51.7 Å². The molecule has 0 unspecified atom stereocenters. The average molecular weight is 954 g/mol. The Hall–Kier alpha value is -4.18. The SMILES string of the molecule is CN(CC(=O)On1c(O)ccc1O)S(=O)(=O)c1ccc2c(c1)C(C)(C)C(=CC=CC=CC=CC1=[N+](CCCSOOO)c3ccc(SOOO)cc3C1(C)C)N2CCCSOOO. The van der Waals surface area contributed by atoms with Crippen LogP contribution in [0.3, 0.4) is 0 Å². The minimum atomic E-state index is -4.21. The molecule has 0 radical (unpaired) electrons. The Balaban J connectivity index is 1.36. The molecule has 2 aliphatic rings. The Labute approximate surface area is 377 Å². The van der Waals surface area contributed by atoms with Crippen molar-refractivity contribution in [1.29, 1.82) is 0 Å². The number of carbonyl (C=O) groups is 1. The second-order valence-corrected chi connectivity index (χ2v) is 19.3. The summed E-state index contributed by atoms with van der Waals surface area (Å²) in [5.41, 5.74) is 4.43. The molecule has 0 spiro atoms. The molecule has 2 aliphatic heterocycles. The Morgan fingerprint density at radius 1 is 0.810 bits per heavy atom. The molecule has 2 aromatic carbocycles. The molecule has 3 aromatic rings. The Morgan fingerprint density at radius 2 is 1.46 bits per heavy atom. The Bertz CT molecular complexity index is 2330. The number of sulfonamides is 1. The van der Waals surface area contributed by atoms with Crippen LogP contribution in [0.15, 0.2) is 107 Å². The highest BCUT2D eigenvalue weighted by atomic mass is 32.2. The quantitative estimate of drug-likeness (QED) is 0.0149. The van der Waals surface area contributed by atoms with Crippen LogP contribution in [0.2, 0.25) is 0 Å². The molecule has 0 aliphatic carbocycles. The molecule has 0 saturated carbocycles. The summed E-state index contributed by atoms with van der Waals surface area (Å²) in [6.07, 6.45) is 14.9. The van der Waals surface area contributed by atoms with Gasteiger partial charge in [-0.2, -0.15) is 8.88 Å². The van der Waals surface area contributed by atoms with E-state index in [0.29, 0.717) is 42.2 Å². The lowest BCUT2D eigenvalue weighted by Crippen LogP contribution is -2.36. The minimum Gasteiger partial charge on any atom is -0.492 e. The van der Waals surface area contributed by atoms with E-state index >= 15 is 0 Å². The molecule has 0 amide bonds. The number of carbonyl (C=O) groups excluding carboxylic acids is 1. The zero-order valence-corrected chi connectivity index (χ0v) is 38.1. The predicted octanol–water partition coefficient (Wildman–Crippen LogP) is 7.25. The molecule has 23 heteroatoms. The molecule has 19 nitrogen and oxygen atoms in total. The number of anilines is 1. The van der Waals surface area contributed by atoms with Crippen molar-refractivity contribution in [2.75, 3.05) is 43.1 Å². The number of nitrogens with zero attached hydrogens (tertiary/aromatic N) is 4. The molecule has 0 atom stereocenters. The van der Waals surface area contributed by atoms with Crippen molar-refractivity contribution in [3.05, 3.63) is 108 Å². The number of aromatic hydroxyl groups is 2. The molecule has 1 aromatic heterocycles. The first kappa shape index (κ1) is 49.8. The van der Waals surface area contributed by atoms with E-state index < -0.39 is 45.1 Å². The lowest BCUT2D eigenvalue weighted by Gasteiger charge is -2.27. The molecule has 5 N–H and O–H groups in total. The number of allylic oxidation sites excluding steroid dienone is 8. The predicted molar refractivity (Wildman–Crippen MR) is 235 cm³/mol. The molecule has 0 fully saturated rings. The highest BCUT2D eigenvalue weighted by Crippen LogP contribution is 2.49. The second kappa shape index (κ2) is 22.6. The van der Waals surface area contributed by atoms with E-state index in [1.165, 1.54) is 13.1 Å². The third-order valence-electron chi connectivity index (χ3n) is 10.3. The first-order valence-corrected chi connectivity index (χ1v) is 23.1. The third kappa shape index (κ3) is 11.9. The molecule has 0 saturated heterocycles. The fraction of sp³-hybridized carbons (Fsp3) is 0.350. The van der Waals surface area contributed by atoms with Gasteiger partial charge in [0.2, 0.25) is 27.5 Å². The largest absolute Gasteiger partial charge is 0.492 e. The van der Waals surface area contributed by atoms with Crippen molar-refractivity contribution in [3.63, 3.8) is 0 Å². The van der Waals surface area contributed by atoms with E-state index in [9.17, 15) is 23.4 Å². The molecule has 3 heterocycles. The maximum absolute atomic E-state index is 13.7. The summed E-state index contributed by atoms with van der Waals surface area (Å²) in [6.45, 7) is 8.68. The Morgan fingerprint density at radius 3 is 2.14 bits per heavy atom. The molecular weight excluding hydrogens is 905 g/mol. The zero-order chi connectivity index (χ0) is 45.8. The van der Waals surface area contributed by atoms with Gasteiger partial charge in [-0.15, -0.1) is 17.7 Å². The fourth-order valence-electron chi connectivity index (χ4n) is 7.29. The monoisotopic (exact) mass is 953 g/mol. The number of benzene rings is 2. The highest BCUT2D eigenvalue weighted by molar-refractivity contribution is 7.95. The van der Waals surface area contributed by atoms with Crippen LogP contribution in [0.4, 0.5) is 11.4 Å². The van der Waals surface area contributed by atoms with Gasteiger partial charge >= 0.3 is 5.97 Å². The molecule has 342 valence electrons. The number of fused-ring (bicyclic) bond motifs is 2. The van der Waals surface area contributed by atoms with E-state index in [1.807, 2.05) is 68.5 Å². The van der Waals surface area contributed by atoms with Gasteiger partial charge in [-0.05, 0) is 62.2 Å². The smallest absolute Gasteiger partial charge is 0.348 e. The number of aromatic nitrogens is 1. The van der Waals surface area contributed by atoms with Crippen molar-refractivity contribution in [2.24, 2.45) is 0 Å². The summed E-state index contributed by atoms with van der Waals surface area (Å²) < 4.78 is 44.8. The van der Waals surface area contributed by atoms with Gasteiger partial charge in [-0.25, -0.2) is 29.0 Å². The van der Waals surface area contributed by atoms with Crippen molar-refractivity contribution in [1.82, 2.24) is 9.04 Å². The summed E-state index contributed by atoms with van der Waals surface area (Å²) in [6, 6.07) is 12.8. The second-order valence-electron chi connectivity index (χ2n) is 14.9. The summed E-state index contributed by atoms with van der Waals surface area (Å²) in [7, 11) is -2.99. The van der Waals surface area contributed by atoms with Gasteiger partial charge in [0.15, 0.2) is 5.71 Å². The van der Waals surface area contributed by atoms with E-state index in [4.69, 9.17) is 20.6 Å². The first-order chi connectivity index (χ1) is 30.1. The van der Waals surface area contributed by atoms with Crippen LogP contribution in [-0.2, 0) is 53.8 Å². The van der Waals surface area contributed by atoms with Gasteiger partial charge in [0.25, 0.3) is 0 Å². The van der Waals surface area contributed by atoms with E-state index in [0.717, 1.165) is 91.4 Å². The van der Waals surface area contributed by atoms with Crippen LogP contribution in [0, 0.1) is 0 Å². The van der Waals surface area contributed by atoms with Gasteiger partial charge in [-0.3, -0.25) is 0 Å². The summed E-state index contributed by atoms with van der Waals surface area (Å²) in [4.78, 5) is 20.3. The number of hydrogen-bond donors (Lipinski definition) is 5. The number of hydrogen-bond acceptors (Lipinski definition) is 19. The first-order valence-electron chi connectivity index (χ1n) is 19.1. The van der Waals surface area contributed by atoms with Crippen molar-refractivity contribution < 1.29 is 76.7 Å². The van der Waals surface area contributed by atoms with Crippen LogP contribution in [0.5, 0.6) is 11.8 Å². The number of likely N-dealkylation sites (N-methyl/N-ethyl adjacent to an activating group) is 1. The third-order valence-corrected chi connectivity index (χ3v) is 13.9. The standard InChI is InChI=1S/C40H48N4O15S4/c1-39(2)30-25-28(62-59-56-50)15-17-32(30)42(21-11-23-60-57-54-48)34(39)13-9-7-6-8-10-14-35-40(3,4)31-26-29(16-18-33(31)43(35)22-12-24-61-58-55-49)63(51,52)41(5)27-38(47)53-44-36(45)19-20-37(44)46/h6-10,13-20,25-26H,11-12,21-24,27H2,1-5H3,(H4-,45,46,48,49,50)/p+1. The molecule has 63 heavy (non-hydrogen) atoms. The maximum atomic E-state index is 13.7. The van der Waals surface area contributed by atoms with E-state index in [2.05, 4.69) is 57.5 Å². The van der Waals surface area contributed by atoms with Crippen molar-refractivity contribution in [3.8, 4) is 11.8 Å². The normalized spacial score (nSPS) is 16.5. The lowest BCUT2D eigenvalue weighted by atomic mass is 9.81. The summed E-state index contributed by atoms with van der Waals surface area (Å²) in [5.74, 6) is -1.07. The molecule has 5 rings (SSSR count). The molecular formula is C40H49N4O15S4+.